The van der Waals surface area contributed by atoms with Gasteiger partial charge >= 0.3 is 0 Å². The SMILES string of the molecule is CC(Br)c1c(F)cccc1F. The molecular formula is C8H7BrF2. The molecule has 1 unspecified atom stereocenters. The van der Waals surface area contributed by atoms with Crippen LogP contribution in [0.1, 0.15) is 17.3 Å². The topological polar surface area (TPSA) is 0 Å². The highest BCUT2D eigenvalue weighted by Gasteiger charge is 2.12. The van der Waals surface area contributed by atoms with E-state index in [9.17, 15) is 8.78 Å². The molecular weight excluding hydrogens is 214 g/mol. The van der Waals surface area contributed by atoms with Gasteiger partial charge in [0.2, 0.25) is 0 Å². The zero-order valence-corrected chi connectivity index (χ0v) is 7.53. The lowest BCUT2D eigenvalue weighted by molar-refractivity contribution is 0.558. The van der Waals surface area contributed by atoms with Gasteiger partial charge in [0.25, 0.3) is 0 Å². The number of benzene rings is 1. The molecule has 0 aliphatic rings. The van der Waals surface area contributed by atoms with Crippen LogP contribution in [-0.2, 0) is 0 Å². The Bertz CT molecular complexity index is 238. The van der Waals surface area contributed by atoms with Gasteiger partial charge in [-0.2, -0.15) is 0 Å². The van der Waals surface area contributed by atoms with E-state index in [1.54, 1.807) is 6.92 Å². The van der Waals surface area contributed by atoms with Gasteiger partial charge in [0, 0.05) is 10.4 Å². The lowest BCUT2D eigenvalue weighted by Gasteiger charge is -2.05. The van der Waals surface area contributed by atoms with E-state index >= 15 is 0 Å². The molecule has 60 valence electrons. The smallest absolute Gasteiger partial charge is 0.130 e. The van der Waals surface area contributed by atoms with E-state index in [1.807, 2.05) is 0 Å². The van der Waals surface area contributed by atoms with Crippen molar-refractivity contribution in [3.63, 3.8) is 0 Å². The minimum atomic E-state index is -0.505. The third-order valence-corrected chi connectivity index (χ3v) is 1.86. The van der Waals surface area contributed by atoms with Crippen molar-refractivity contribution in [2.75, 3.05) is 0 Å². The van der Waals surface area contributed by atoms with E-state index < -0.39 is 11.6 Å². The average Bonchev–Trinajstić information content (AvgIpc) is 1.85. The molecule has 1 rings (SSSR count). The van der Waals surface area contributed by atoms with E-state index in [0.29, 0.717) is 0 Å². The molecule has 0 aromatic heterocycles. The van der Waals surface area contributed by atoms with Crippen molar-refractivity contribution < 1.29 is 8.78 Å². The summed E-state index contributed by atoms with van der Waals surface area (Å²) in [6.07, 6.45) is 0. The molecule has 0 nitrogen and oxygen atoms in total. The van der Waals surface area contributed by atoms with Gasteiger partial charge in [-0.15, -0.1) is 0 Å². The third kappa shape index (κ3) is 1.77. The first-order valence-corrected chi connectivity index (χ1v) is 4.12. The summed E-state index contributed by atoms with van der Waals surface area (Å²) in [5.41, 5.74) is 0.0903. The summed E-state index contributed by atoms with van der Waals surface area (Å²) in [6, 6.07) is 3.84. The number of hydrogen-bond donors (Lipinski definition) is 0. The minimum absolute atomic E-state index is 0.0903. The van der Waals surface area contributed by atoms with E-state index in [1.165, 1.54) is 18.2 Å². The van der Waals surface area contributed by atoms with E-state index in [-0.39, 0.29) is 10.4 Å². The maximum absolute atomic E-state index is 12.8. The molecule has 0 bridgehead atoms. The molecule has 0 heterocycles. The number of alkyl halides is 1. The monoisotopic (exact) mass is 220 g/mol. The normalized spacial score (nSPS) is 13.1. The Kier molecular flexibility index (Phi) is 2.60. The quantitative estimate of drug-likeness (QED) is 0.637. The molecule has 1 aromatic rings. The molecule has 3 heteroatoms. The fourth-order valence-electron chi connectivity index (χ4n) is 0.891. The second-order valence-electron chi connectivity index (χ2n) is 2.25. The first-order chi connectivity index (χ1) is 5.13. The van der Waals surface area contributed by atoms with Crippen LogP contribution in [0.3, 0.4) is 0 Å². The summed E-state index contributed by atoms with van der Waals surface area (Å²) in [4.78, 5) is -0.288. The molecule has 0 aliphatic carbocycles. The van der Waals surface area contributed by atoms with Gasteiger partial charge in [-0.1, -0.05) is 22.0 Å². The van der Waals surface area contributed by atoms with Crippen molar-refractivity contribution in [1.29, 1.82) is 0 Å². The van der Waals surface area contributed by atoms with Gasteiger partial charge in [0.05, 0.1) is 0 Å². The molecule has 0 saturated carbocycles. The fourth-order valence-corrected chi connectivity index (χ4v) is 1.33. The Morgan fingerprint density at radius 1 is 1.27 bits per heavy atom. The summed E-state index contributed by atoms with van der Waals surface area (Å²) in [5, 5.41) is 0. The summed E-state index contributed by atoms with van der Waals surface area (Å²) in [6.45, 7) is 1.68. The second-order valence-corrected chi connectivity index (χ2v) is 3.62. The predicted molar refractivity (Wildman–Crippen MR) is 43.7 cm³/mol. The maximum atomic E-state index is 12.8. The molecule has 0 saturated heterocycles. The van der Waals surface area contributed by atoms with Gasteiger partial charge in [0.1, 0.15) is 11.6 Å². The highest BCUT2D eigenvalue weighted by Crippen LogP contribution is 2.26. The first-order valence-electron chi connectivity index (χ1n) is 3.21. The molecule has 0 amide bonds. The maximum Gasteiger partial charge on any atom is 0.130 e. The van der Waals surface area contributed by atoms with Crippen molar-refractivity contribution in [2.45, 2.75) is 11.8 Å². The van der Waals surface area contributed by atoms with Gasteiger partial charge in [-0.25, -0.2) is 8.78 Å². The fraction of sp³-hybridized carbons (Fsp3) is 0.250. The summed E-state index contributed by atoms with van der Waals surface area (Å²) in [7, 11) is 0. The van der Waals surface area contributed by atoms with E-state index in [0.717, 1.165) is 0 Å². The molecule has 1 atom stereocenters. The molecule has 11 heavy (non-hydrogen) atoms. The Hall–Kier alpha value is -0.440. The van der Waals surface area contributed by atoms with E-state index in [4.69, 9.17) is 0 Å². The lowest BCUT2D eigenvalue weighted by atomic mass is 10.1. The zero-order valence-electron chi connectivity index (χ0n) is 5.94. The molecule has 0 aliphatic heterocycles. The van der Waals surface area contributed by atoms with Crippen LogP contribution in [0.5, 0.6) is 0 Å². The number of halogens is 3. The van der Waals surface area contributed by atoms with Crippen molar-refractivity contribution in [1.82, 2.24) is 0 Å². The van der Waals surface area contributed by atoms with Crippen molar-refractivity contribution >= 4 is 15.9 Å². The zero-order chi connectivity index (χ0) is 8.43. The largest absolute Gasteiger partial charge is 0.207 e. The lowest BCUT2D eigenvalue weighted by Crippen LogP contribution is -1.94. The summed E-state index contributed by atoms with van der Waals surface area (Å²) in [5.74, 6) is -1.01. The van der Waals surface area contributed by atoms with Crippen LogP contribution >= 0.6 is 15.9 Å². The van der Waals surface area contributed by atoms with Crippen LogP contribution < -0.4 is 0 Å². The summed E-state index contributed by atoms with van der Waals surface area (Å²) < 4.78 is 25.7. The van der Waals surface area contributed by atoms with Crippen LogP contribution in [0.25, 0.3) is 0 Å². The second kappa shape index (κ2) is 3.30. The van der Waals surface area contributed by atoms with Gasteiger partial charge < -0.3 is 0 Å². The number of hydrogen-bond acceptors (Lipinski definition) is 0. The van der Waals surface area contributed by atoms with Gasteiger partial charge in [-0.05, 0) is 19.1 Å². The average molecular weight is 221 g/mol. The van der Waals surface area contributed by atoms with Crippen LogP contribution in [0, 0.1) is 11.6 Å². The predicted octanol–water partition coefficient (Wildman–Crippen LogP) is 3.42. The molecule has 1 aromatic carbocycles. The molecule has 0 N–H and O–H groups in total. The van der Waals surface area contributed by atoms with Crippen LogP contribution in [0.2, 0.25) is 0 Å². The third-order valence-electron chi connectivity index (χ3n) is 1.40. The van der Waals surface area contributed by atoms with Crippen LogP contribution in [0.4, 0.5) is 8.78 Å². The first kappa shape index (κ1) is 8.65. The number of rotatable bonds is 1. The Labute approximate surface area is 72.4 Å². The highest BCUT2D eigenvalue weighted by atomic mass is 79.9. The van der Waals surface area contributed by atoms with E-state index in [2.05, 4.69) is 15.9 Å². The standard InChI is InChI=1S/C8H7BrF2/c1-5(9)8-6(10)3-2-4-7(8)11/h2-5H,1H3. The van der Waals surface area contributed by atoms with Gasteiger partial charge in [-0.3, -0.25) is 0 Å². The minimum Gasteiger partial charge on any atom is -0.207 e. The highest BCUT2D eigenvalue weighted by molar-refractivity contribution is 9.09. The van der Waals surface area contributed by atoms with Gasteiger partial charge in [0.15, 0.2) is 0 Å². The van der Waals surface area contributed by atoms with Crippen molar-refractivity contribution in [3.8, 4) is 0 Å². The van der Waals surface area contributed by atoms with Crippen LogP contribution in [-0.4, -0.2) is 0 Å². The molecule has 0 spiro atoms. The molecule has 0 fully saturated rings. The van der Waals surface area contributed by atoms with Crippen molar-refractivity contribution in [2.24, 2.45) is 0 Å². The Morgan fingerprint density at radius 2 is 1.73 bits per heavy atom. The summed E-state index contributed by atoms with van der Waals surface area (Å²) >= 11 is 3.10. The Balaban J connectivity index is 3.21. The van der Waals surface area contributed by atoms with Crippen LogP contribution in [0.15, 0.2) is 18.2 Å². The van der Waals surface area contributed by atoms with Crippen molar-refractivity contribution in [3.05, 3.63) is 35.4 Å². The molecule has 0 radical (unpaired) electrons. The Morgan fingerprint density at radius 3 is 2.00 bits per heavy atom.